The monoisotopic (exact) mass is 1010 g/mol. The summed E-state index contributed by atoms with van der Waals surface area (Å²) in [5.74, 6) is 6.18. The minimum absolute atomic E-state index is 0.687. The van der Waals surface area contributed by atoms with Crippen molar-refractivity contribution in [2.75, 3.05) is 64.0 Å². The van der Waals surface area contributed by atoms with E-state index in [1.165, 1.54) is 0 Å². The molecule has 10 heteroatoms. The largest absolute Gasteiger partial charge is 0.497 e. The molecule has 0 spiro atoms. The van der Waals surface area contributed by atoms with Gasteiger partial charge in [-0.05, 0) is 159 Å². The number of methoxy groups -OCH3 is 9. The molecule has 386 valence electrons. The second-order valence-corrected chi connectivity index (χ2v) is 18.0. The van der Waals surface area contributed by atoms with Gasteiger partial charge in [-0.3, -0.25) is 4.90 Å². The van der Waals surface area contributed by atoms with Crippen LogP contribution in [0.5, 0.6) is 51.7 Å². The van der Waals surface area contributed by atoms with Crippen molar-refractivity contribution in [3.05, 3.63) is 268 Å². The van der Waals surface area contributed by atoms with E-state index >= 15 is 0 Å². The summed E-state index contributed by atoms with van der Waals surface area (Å²) in [6, 6.07) is 75.6. The molecule has 0 aliphatic heterocycles. The van der Waals surface area contributed by atoms with E-state index < -0.39 is 16.6 Å². The molecule has 0 aliphatic carbocycles. The van der Waals surface area contributed by atoms with Gasteiger partial charge < -0.3 is 42.6 Å². The van der Waals surface area contributed by atoms with Crippen LogP contribution in [0.25, 0.3) is 0 Å². The molecule has 9 rings (SSSR count). The fourth-order valence-electron chi connectivity index (χ4n) is 10.9. The summed E-state index contributed by atoms with van der Waals surface area (Å²) >= 11 is 0. The Balaban J connectivity index is 1.70. The molecular weight excluding hydrogens is 951 g/mol. The number of hydrogen-bond donors (Lipinski definition) is 0. The average Bonchev–Trinajstić information content (AvgIpc) is 3.68. The Bertz CT molecular complexity index is 2570. The zero-order valence-electron chi connectivity index (χ0n) is 44.4. The summed E-state index contributed by atoms with van der Waals surface area (Å²) in [6.45, 7) is 0. The Kier molecular flexibility index (Phi) is 15.6. The summed E-state index contributed by atoms with van der Waals surface area (Å²) < 4.78 is 53.8. The van der Waals surface area contributed by atoms with Gasteiger partial charge in [0.15, 0.2) is 0 Å². The lowest BCUT2D eigenvalue weighted by Crippen LogP contribution is -2.68. The van der Waals surface area contributed by atoms with E-state index in [1.54, 1.807) is 64.0 Å². The highest BCUT2D eigenvalue weighted by Crippen LogP contribution is 2.63. The van der Waals surface area contributed by atoms with Crippen LogP contribution < -0.4 is 42.6 Å². The van der Waals surface area contributed by atoms with Gasteiger partial charge in [-0.25, -0.2) is 0 Å². The molecule has 0 aliphatic rings. The smallest absolute Gasteiger partial charge is 0.118 e. The average molecular weight is 1010 g/mol. The van der Waals surface area contributed by atoms with Crippen molar-refractivity contribution in [3.63, 3.8) is 0 Å². The molecule has 9 aromatic carbocycles. The minimum atomic E-state index is -1.40. The second-order valence-electron chi connectivity index (χ2n) is 18.0. The van der Waals surface area contributed by atoms with Gasteiger partial charge in [-0.1, -0.05) is 109 Å². The van der Waals surface area contributed by atoms with Crippen LogP contribution in [0.4, 0.5) is 0 Å². The van der Waals surface area contributed by atoms with Crippen LogP contribution in [0.3, 0.4) is 0 Å². The van der Waals surface area contributed by atoms with Gasteiger partial charge in [-0.2, -0.15) is 0 Å². The molecule has 0 saturated carbocycles. The number of benzene rings is 9. The van der Waals surface area contributed by atoms with Gasteiger partial charge in [0.1, 0.15) is 51.7 Å². The van der Waals surface area contributed by atoms with Crippen molar-refractivity contribution in [2.45, 2.75) is 16.6 Å². The Hall–Kier alpha value is -8.86. The van der Waals surface area contributed by atoms with Gasteiger partial charge in [0.2, 0.25) is 0 Å². The Morgan fingerprint density at radius 3 is 0.342 bits per heavy atom. The summed E-state index contributed by atoms with van der Waals surface area (Å²) in [7, 11) is 15.2. The third-order valence-electron chi connectivity index (χ3n) is 14.6. The fraction of sp³-hybridized carbons (Fsp3) is 0.182. The SMILES string of the molecule is COc1ccc(C(c2ccc(OC)cc2)(c2ccc(OC)cc2)N(C(c2ccc(OC)cc2)(c2ccc(OC)cc2)c2ccc(OC)cc2)C(c2ccc(OC)cc2)(c2ccc(OC)cc2)c2ccc(OC)cc2)cc1. The van der Waals surface area contributed by atoms with E-state index in [-0.39, 0.29) is 0 Å². The van der Waals surface area contributed by atoms with Crippen molar-refractivity contribution >= 4 is 0 Å². The van der Waals surface area contributed by atoms with Crippen LogP contribution in [0.15, 0.2) is 218 Å². The Morgan fingerprint density at radius 2 is 0.263 bits per heavy atom. The first kappa shape index (κ1) is 52.0. The van der Waals surface area contributed by atoms with Crippen LogP contribution in [-0.4, -0.2) is 68.9 Å². The number of rotatable bonds is 21. The molecule has 0 fully saturated rings. The van der Waals surface area contributed by atoms with Gasteiger partial charge in [0.05, 0.1) is 80.6 Å². The highest BCUT2D eigenvalue weighted by molar-refractivity contribution is 5.65. The molecule has 0 bridgehead atoms. The number of hydrogen-bond acceptors (Lipinski definition) is 10. The Morgan fingerprint density at radius 1 is 0.171 bits per heavy atom. The van der Waals surface area contributed by atoms with Crippen molar-refractivity contribution in [1.29, 1.82) is 0 Å². The molecule has 0 aromatic heterocycles. The van der Waals surface area contributed by atoms with Crippen LogP contribution in [0, 0.1) is 0 Å². The molecule has 0 amide bonds. The quantitative estimate of drug-likeness (QED) is 0.0649. The highest BCUT2D eigenvalue weighted by Gasteiger charge is 2.63. The summed E-state index contributed by atoms with van der Waals surface area (Å²) in [6.07, 6.45) is 0. The topological polar surface area (TPSA) is 86.3 Å². The van der Waals surface area contributed by atoms with E-state index in [4.69, 9.17) is 42.6 Å². The molecule has 0 atom stereocenters. The summed E-state index contributed by atoms with van der Waals surface area (Å²) in [4.78, 5) is 2.70. The maximum atomic E-state index is 5.98. The fourth-order valence-corrected chi connectivity index (χ4v) is 10.9. The van der Waals surface area contributed by atoms with Crippen LogP contribution >= 0.6 is 0 Å². The van der Waals surface area contributed by atoms with Gasteiger partial charge in [-0.15, -0.1) is 0 Å². The zero-order chi connectivity index (χ0) is 53.3. The van der Waals surface area contributed by atoms with E-state index in [0.717, 1.165) is 50.1 Å². The van der Waals surface area contributed by atoms with Crippen LogP contribution in [0.2, 0.25) is 0 Å². The normalized spacial score (nSPS) is 11.6. The molecule has 0 heterocycles. The van der Waals surface area contributed by atoms with Crippen molar-refractivity contribution in [3.8, 4) is 51.7 Å². The van der Waals surface area contributed by atoms with E-state index in [0.29, 0.717) is 51.7 Å². The molecule has 76 heavy (non-hydrogen) atoms. The molecular formula is C66H63NO9. The van der Waals surface area contributed by atoms with Gasteiger partial charge in [0.25, 0.3) is 0 Å². The molecule has 9 aromatic rings. The second kappa shape index (κ2) is 22.7. The maximum absolute atomic E-state index is 5.98. The zero-order valence-corrected chi connectivity index (χ0v) is 44.4. The summed E-state index contributed by atoms with van der Waals surface area (Å²) in [5, 5.41) is 0. The first-order chi connectivity index (χ1) is 37.2. The lowest BCUT2D eigenvalue weighted by molar-refractivity contribution is -0.0114. The highest BCUT2D eigenvalue weighted by atomic mass is 16.5. The van der Waals surface area contributed by atoms with E-state index in [1.807, 2.05) is 109 Å². The first-order valence-electron chi connectivity index (χ1n) is 24.8. The van der Waals surface area contributed by atoms with E-state index in [9.17, 15) is 0 Å². The van der Waals surface area contributed by atoms with E-state index in [2.05, 4.69) is 114 Å². The number of nitrogens with zero attached hydrogens (tertiary/aromatic N) is 1. The lowest BCUT2D eigenvalue weighted by atomic mass is 9.61. The Labute approximate surface area is 446 Å². The standard InChI is InChI=1S/C66H63NO9/c1-68-55-28-10-46(11-29-55)64(47-12-30-56(69-2)31-13-47,48-14-32-57(70-3)33-15-48)67(65(49-16-34-58(71-4)35-17-49,50-18-36-59(72-5)37-19-50)51-20-38-60(73-6)39-21-51)66(52-22-40-61(74-7)41-23-52,53-24-42-62(75-8)43-25-53)54-26-44-63(76-9)45-27-54/h10-45H,1-9H3. The first-order valence-corrected chi connectivity index (χ1v) is 24.8. The van der Waals surface area contributed by atoms with Crippen LogP contribution in [0.1, 0.15) is 50.1 Å². The van der Waals surface area contributed by atoms with Gasteiger partial charge >= 0.3 is 0 Å². The summed E-state index contributed by atoms with van der Waals surface area (Å²) in [5.41, 5.74) is 3.83. The van der Waals surface area contributed by atoms with Crippen molar-refractivity contribution in [2.24, 2.45) is 0 Å². The molecule has 0 N–H and O–H groups in total. The minimum Gasteiger partial charge on any atom is -0.497 e. The van der Waals surface area contributed by atoms with Crippen LogP contribution in [-0.2, 0) is 16.6 Å². The third kappa shape index (κ3) is 9.15. The predicted octanol–water partition coefficient (Wildman–Crippen LogP) is 13.3. The maximum Gasteiger partial charge on any atom is 0.118 e. The molecule has 0 radical (unpaired) electrons. The van der Waals surface area contributed by atoms with Crippen molar-refractivity contribution in [1.82, 2.24) is 4.90 Å². The molecule has 10 nitrogen and oxygen atoms in total. The van der Waals surface area contributed by atoms with Crippen molar-refractivity contribution < 1.29 is 42.6 Å². The third-order valence-corrected chi connectivity index (χ3v) is 14.6. The molecule has 0 saturated heterocycles. The molecule has 0 unspecified atom stereocenters. The van der Waals surface area contributed by atoms with Gasteiger partial charge in [0, 0.05) is 0 Å². The lowest BCUT2D eigenvalue weighted by Gasteiger charge is -2.64. The predicted molar refractivity (Wildman–Crippen MR) is 298 cm³/mol. The number of ether oxygens (including phenoxy) is 9.